The summed E-state index contributed by atoms with van der Waals surface area (Å²) >= 11 is 0. The fraction of sp³-hybridized carbons (Fsp3) is 0.111. The van der Waals surface area contributed by atoms with Crippen molar-refractivity contribution in [3.05, 3.63) is 29.6 Å². The van der Waals surface area contributed by atoms with Crippen molar-refractivity contribution in [1.29, 1.82) is 0 Å². The maximum atomic E-state index is 10.6. The second-order valence-electron chi connectivity index (χ2n) is 2.68. The molecule has 0 bridgehead atoms. The summed E-state index contributed by atoms with van der Waals surface area (Å²) in [6.07, 6.45) is 0.822. The van der Waals surface area contributed by atoms with E-state index in [9.17, 15) is 4.79 Å². The fourth-order valence-electron chi connectivity index (χ4n) is 1.27. The quantitative estimate of drug-likeness (QED) is 0.769. The Morgan fingerprint density at radius 3 is 2.71 bits per heavy atom. The molecule has 2 rings (SSSR count). The molecule has 0 saturated carbocycles. The molecule has 0 atom stereocenters. The molecule has 0 saturated heterocycles. The van der Waals surface area contributed by atoms with Gasteiger partial charge < -0.3 is 4.98 Å². The number of hydrogen-bond acceptors (Lipinski definition) is 2. The Morgan fingerprint density at radius 2 is 2.07 bits per heavy atom. The third-order valence-corrected chi connectivity index (χ3v) is 1.79. The third-order valence-electron chi connectivity index (χ3n) is 1.79. The number of aromatic nitrogens is 2. The zero-order chi connectivity index (χ0) is 8.55. The van der Waals surface area contributed by atoms with Gasteiger partial charge in [-0.25, -0.2) is 4.98 Å². The van der Waals surface area contributed by atoms with Crippen molar-refractivity contribution in [2.24, 2.45) is 0 Å². The zero-order valence-electron chi connectivity index (χ0n) is 7.48. The number of fused-ring (bicyclic) bond motifs is 1. The van der Waals surface area contributed by atoms with Gasteiger partial charge in [-0.15, -0.1) is 24.8 Å². The van der Waals surface area contributed by atoms with Crippen LogP contribution in [0.25, 0.3) is 11.0 Å². The summed E-state index contributed by atoms with van der Waals surface area (Å²) in [5, 5.41) is 0. The number of carbonyl (C=O) groups is 1. The van der Waals surface area contributed by atoms with Gasteiger partial charge >= 0.3 is 0 Å². The van der Waals surface area contributed by atoms with Crippen LogP contribution in [0.5, 0.6) is 0 Å². The van der Waals surface area contributed by atoms with Crippen LogP contribution in [0, 0.1) is 6.92 Å². The van der Waals surface area contributed by atoms with Crippen LogP contribution in [0.15, 0.2) is 18.2 Å². The van der Waals surface area contributed by atoms with Crippen LogP contribution in [0.3, 0.4) is 0 Å². The number of halogens is 2. The van der Waals surface area contributed by atoms with Gasteiger partial charge in [0, 0.05) is 5.56 Å². The van der Waals surface area contributed by atoms with Gasteiger partial charge in [0.2, 0.25) is 0 Å². The minimum atomic E-state index is 0. The van der Waals surface area contributed by atoms with Crippen molar-refractivity contribution >= 4 is 42.1 Å². The van der Waals surface area contributed by atoms with Gasteiger partial charge in [-0.2, -0.15) is 0 Å². The number of para-hydroxylation sites is 1. The van der Waals surface area contributed by atoms with Crippen molar-refractivity contribution in [2.45, 2.75) is 6.92 Å². The molecule has 2 aromatic rings. The lowest BCUT2D eigenvalue weighted by molar-refractivity contribution is 0.112. The highest BCUT2D eigenvalue weighted by molar-refractivity contribution is 5.94. The minimum Gasteiger partial charge on any atom is -0.342 e. The largest absolute Gasteiger partial charge is 0.342 e. The van der Waals surface area contributed by atoms with Gasteiger partial charge in [-0.05, 0) is 19.1 Å². The first-order valence-corrected chi connectivity index (χ1v) is 3.72. The fourth-order valence-corrected chi connectivity index (χ4v) is 1.27. The molecule has 76 valence electrons. The first-order chi connectivity index (χ1) is 5.81. The average molecular weight is 233 g/mol. The first kappa shape index (κ1) is 12.9. The van der Waals surface area contributed by atoms with E-state index in [2.05, 4.69) is 9.97 Å². The van der Waals surface area contributed by atoms with E-state index in [0.717, 1.165) is 23.1 Å². The second-order valence-corrected chi connectivity index (χ2v) is 2.68. The molecule has 0 spiro atoms. The number of benzene rings is 1. The van der Waals surface area contributed by atoms with E-state index in [1.54, 1.807) is 6.07 Å². The molecule has 0 unspecified atom stereocenters. The maximum Gasteiger partial charge on any atom is 0.152 e. The first-order valence-electron chi connectivity index (χ1n) is 3.72. The molecular formula is C9H10Cl2N2O. The highest BCUT2D eigenvalue weighted by Gasteiger charge is 2.02. The molecule has 1 aromatic carbocycles. The molecule has 1 aromatic heterocycles. The van der Waals surface area contributed by atoms with Crippen molar-refractivity contribution in [1.82, 2.24) is 9.97 Å². The highest BCUT2D eigenvalue weighted by Crippen LogP contribution is 2.13. The molecule has 0 radical (unpaired) electrons. The summed E-state index contributed by atoms with van der Waals surface area (Å²) in [5.74, 6) is 0.833. The molecule has 0 amide bonds. The van der Waals surface area contributed by atoms with Crippen LogP contribution in [0.2, 0.25) is 0 Å². The van der Waals surface area contributed by atoms with Crippen LogP contribution in [0.1, 0.15) is 16.2 Å². The lowest BCUT2D eigenvalue weighted by Crippen LogP contribution is -1.80. The van der Waals surface area contributed by atoms with Crippen LogP contribution in [-0.2, 0) is 0 Å². The Morgan fingerprint density at radius 1 is 1.36 bits per heavy atom. The summed E-state index contributed by atoms with van der Waals surface area (Å²) < 4.78 is 0. The van der Waals surface area contributed by atoms with Crippen LogP contribution < -0.4 is 0 Å². The zero-order valence-corrected chi connectivity index (χ0v) is 9.11. The Bertz CT molecular complexity index is 439. The molecule has 3 nitrogen and oxygen atoms in total. The van der Waals surface area contributed by atoms with E-state index in [-0.39, 0.29) is 24.8 Å². The normalized spacial score (nSPS) is 8.93. The van der Waals surface area contributed by atoms with Gasteiger partial charge in [0.1, 0.15) is 5.82 Å². The summed E-state index contributed by atoms with van der Waals surface area (Å²) in [7, 11) is 0. The van der Waals surface area contributed by atoms with E-state index < -0.39 is 0 Å². The molecule has 0 fully saturated rings. The van der Waals surface area contributed by atoms with E-state index >= 15 is 0 Å². The smallest absolute Gasteiger partial charge is 0.152 e. The number of aldehydes is 1. The van der Waals surface area contributed by atoms with Crippen molar-refractivity contribution in [3.8, 4) is 0 Å². The van der Waals surface area contributed by atoms with Crippen molar-refractivity contribution < 1.29 is 4.79 Å². The number of hydrogen-bond donors (Lipinski definition) is 1. The molecule has 5 heteroatoms. The predicted molar refractivity (Wildman–Crippen MR) is 60.7 cm³/mol. The number of aryl methyl sites for hydroxylation is 1. The highest BCUT2D eigenvalue weighted by atomic mass is 35.5. The molecule has 0 aliphatic heterocycles. The van der Waals surface area contributed by atoms with Gasteiger partial charge in [0.05, 0.1) is 11.0 Å². The summed E-state index contributed by atoms with van der Waals surface area (Å²) in [5.41, 5.74) is 2.30. The Kier molecular flexibility index (Phi) is 4.60. The Balaban J connectivity index is 0.000000845. The van der Waals surface area contributed by atoms with E-state index in [1.807, 2.05) is 19.1 Å². The number of nitrogens with zero attached hydrogens (tertiary/aromatic N) is 1. The maximum absolute atomic E-state index is 10.6. The van der Waals surface area contributed by atoms with Crippen LogP contribution in [-0.4, -0.2) is 16.3 Å². The van der Waals surface area contributed by atoms with Gasteiger partial charge in [-0.1, -0.05) is 6.07 Å². The second kappa shape index (κ2) is 4.98. The third kappa shape index (κ3) is 2.05. The van der Waals surface area contributed by atoms with Crippen molar-refractivity contribution in [2.75, 3.05) is 0 Å². The topological polar surface area (TPSA) is 45.8 Å². The van der Waals surface area contributed by atoms with Gasteiger partial charge in [0.15, 0.2) is 6.29 Å². The van der Waals surface area contributed by atoms with E-state index in [0.29, 0.717) is 5.56 Å². The van der Waals surface area contributed by atoms with E-state index in [4.69, 9.17) is 0 Å². The molecule has 0 aliphatic rings. The number of carbonyl (C=O) groups excluding carboxylic acids is 1. The van der Waals surface area contributed by atoms with Gasteiger partial charge in [0.25, 0.3) is 0 Å². The van der Waals surface area contributed by atoms with Crippen molar-refractivity contribution in [3.63, 3.8) is 0 Å². The number of aromatic amines is 1. The number of imidazole rings is 1. The summed E-state index contributed by atoms with van der Waals surface area (Å²) in [6.45, 7) is 1.87. The molecule has 1 heterocycles. The molecule has 1 N–H and O–H groups in total. The summed E-state index contributed by atoms with van der Waals surface area (Å²) in [4.78, 5) is 17.8. The molecular weight excluding hydrogens is 223 g/mol. The van der Waals surface area contributed by atoms with Crippen LogP contribution in [0.4, 0.5) is 0 Å². The van der Waals surface area contributed by atoms with E-state index in [1.165, 1.54) is 0 Å². The van der Waals surface area contributed by atoms with Crippen LogP contribution >= 0.6 is 24.8 Å². The standard InChI is InChI=1S/C9H8N2O.2ClH/c1-6-10-8-4-2-3-7(5-12)9(8)11-6;;/h2-5H,1H3,(H,10,11);2*1H. The lowest BCUT2D eigenvalue weighted by atomic mass is 10.2. The number of rotatable bonds is 1. The number of nitrogens with one attached hydrogen (secondary N) is 1. The molecule has 14 heavy (non-hydrogen) atoms. The SMILES string of the molecule is Cc1nc2c(C=O)cccc2[nH]1.Cl.Cl. The predicted octanol–water partition coefficient (Wildman–Crippen LogP) is 2.53. The summed E-state index contributed by atoms with van der Waals surface area (Å²) in [6, 6.07) is 5.50. The molecule has 0 aliphatic carbocycles. The number of H-pyrrole nitrogens is 1. The van der Waals surface area contributed by atoms with Gasteiger partial charge in [-0.3, -0.25) is 4.79 Å². The Hall–Kier alpha value is -1.06. The minimum absolute atomic E-state index is 0. The monoisotopic (exact) mass is 232 g/mol. The lowest BCUT2D eigenvalue weighted by Gasteiger charge is -1.89. The average Bonchev–Trinajstić information content (AvgIpc) is 2.44. The Labute approximate surface area is 93.7 Å².